The Hall–Kier alpha value is -1.04. The number of nitriles is 1. The standard InChI is InChI=1S/C13H16N2.ClH/c14-9-12-4-1-3-11(7-12)8-13-5-2-6-15-10-13;/h1,3-4,7,13,15H,2,5-6,8,10H2;1H. The summed E-state index contributed by atoms with van der Waals surface area (Å²) in [6.07, 6.45) is 3.69. The van der Waals surface area contributed by atoms with Crippen molar-refractivity contribution in [1.82, 2.24) is 5.32 Å². The second kappa shape index (κ2) is 6.52. The van der Waals surface area contributed by atoms with E-state index in [2.05, 4.69) is 17.5 Å². The van der Waals surface area contributed by atoms with Gasteiger partial charge in [-0.3, -0.25) is 0 Å². The maximum atomic E-state index is 8.81. The Labute approximate surface area is 103 Å². The molecule has 1 unspecified atom stereocenters. The zero-order valence-corrected chi connectivity index (χ0v) is 10.1. The number of nitrogens with zero attached hydrogens (tertiary/aromatic N) is 1. The minimum Gasteiger partial charge on any atom is -0.316 e. The van der Waals surface area contributed by atoms with Crippen molar-refractivity contribution in [2.45, 2.75) is 19.3 Å². The molecular formula is C13H17ClN2. The van der Waals surface area contributed by atoms with Gasteiger partial charge >= 0.3 is 0 Å². The predicted octanol–water partition coefficient (Wildman–Crippen LogP) is 2.52. The highest BCUT2D eigenvalue weighted by atomic mass is 35.5. The first-order valence-corrected chi connectivity index (χ1v) is 5.58. The van der Waals surface area contributed by atoms with Crippen LogP contribution in [0.25, 0.3) is 0 Å². The van der Waals surface area contributed by atoms with Crippen molar-refractivity contribution in [1.29, 1.82) is 5.26 Å². The van der Waals surface area contributed by atoms with Crippen LogP contribution in [-0.2, 0) is 6.42 Å². The summed E-state index contributed by atoms with van der Waals surface area (Å²) in [5.41, 5.74) is 2.07. The topological polar surface area (TPSA) is 35.8 Å². The van der Waals surface area contributed by atoms with E-state index in [1.54, 1.807) is 0 Å². The maximum Gasteiger partial charge on any atom is 0.0991 e. The normalized spacial score (nSPS) is 19.6. The second-order valence-electron chi connectivity index (χ2n) is 4.23. The first-order valence-electron chi connectivity index (χ1n) is 5.58. The molecule has 0 saturated carbocycles. The van der Waals surface area contributed by atoms with Crippen LogP contribution < -0.4 is 5.32 Å². The lowest BCUT2D eigenvalue weighted by molar-refractivity contribution is 0.376. The van der Waals surface area contributed by atoms with Gasteiger partial charge in [0.2, 0.25) is 0 Å². The molecule has 1 fully saturated rings. The van der Waals surface area contributed by atoms with Gasteiger partial charge in [0.15, 0.2) is 0 Å². The molecule has 0 aliphatic carbocycles. The fraction of sp³-hybridized carbons (Fsp3) is 0.462. The molecule has 0 radical (unpaired) electrons. The molecule has 86 valence electrons. The highest BCUT2D eigenvalue weighted by Gasteiger charge is 2.13. The number of piperidine rings is 1. The third-order valence-electron chi connectivity index (χ3n) is 2.98. The number of rotatable bonds is 2. The molecule has 16 heavy (non-hydrogen) atoms. The summed E-state index contributed by atoms with van der Waals surface area (Å²) in [6, 6.07) is 10.2. The third-order valence-corrected chi connectivity index (χ3v) is 2.98. The van der Waals surface area contributed by atoms with Gasteiger partial charge in [0.25, 0.3) is 0 Å². The molecule has 1 saturated heterocycles. The summed E-state index contributed by atoms with van der Waals surface area (Å²) in [5, 5.41) is 12.2. The van der Waals surface area contributed by atoms with Gasteiger partial charge in [-0.2, -0.15) is 5.26 Å². The van der Waals surface area contributed by atoms with Crippen LogP contribution in [0.3, 0.4) is 0 Å². The number of nitrogens with one attached hydrogen (secondary N) is 1. The van der Waals surface area contributed by atoms with E-state index in [4.69, 9.17) is 5.26 Å². The number of halogens is 1. The molecule has 1 aliphatic rings. The Morgan fingerprint density at radius 1 is 1.44 bits per heavy atom. The summed E-state index contributed by atoms with van der Waals surface area (Å²) in [7, 11) is 0. The zero-order chi connectivity index (χ0) is 10.5. The molecular weight excluding hydrogens is 220 g/mol. The Balaban J connectivity index is 0.00000128. The molecule has 0 amide bonds. The van der Waals surface area contributed by atoms with Gasteiger partial charge < -0.3 is 5.32 Å². The molecule has 1 atom stereocenters. The average Bonchev–Trinajstić information content (AvgIpc) is 2.31. The van der Waals surface area contributed by atoms with Crippen LogP contribution in [0.1, 0.15) is 24.0 Å². The Morgan fingerprint density at radius 3 is 3.00 bits per heavy atom. The SMILES string of the molecule is Cl.N#Cc1cccc(CC2CCCNC2)c1. The molecule has 1 heterocycles. The van der Waals surface area contributed by atoms with Gasteiger partial charge in [0.05, 0.1) is 11.6 Å². The lowest BCUT2D eigenvalue weighted by atomic mass is 9.92. The monoisotopic (exact) mass is 236 g/mol. The summed E-state index contributed by atoms with van der Waals surface area (Å²) in [4.78, 5) is 0. The van der Waals surface area contributed by atoms with Crippen LogP contribution >= 0.6 is 12.4 Å². The molecule has 2 nitrogen and oxygen atoms in total. The van der Waals surface area contributed by atoms with Crippen LogP contribution in [0.4, 0.5) is 0 Å². The van der Waals surface area contributed by atoms with Crippen molar-refractivity contribution in [3.8, 4) is 6.07 Å². The van der Waals surface area contributed by atoms with E-state index >= 15 is 0 Å². The van der Waals surface area contributed by atoms with Gasteiger partial charge in [0.1, 0.15) is 0 Å². The van der Waals surface area contributed by atoms with Crippen LogP contribution in [0, 0.1) is 17.2 Å². The van der Waals surface area contributed by atoms with Crippen molar-refractivity contribution in [3.63, 3.8) is 0 Å². The summed E-state index contributed by atoms with van der Waals surface area (Å²) < 4.78 is 0. The van der Waals surface area contributed by atoms with Crippen molar-refractivity contribution in [2.24, 2.45) is 5.92 Å². The van der Waals surface area contributed by atoms with Gasteiger partial charge in [-0.05, 0) is 56.0 Å². The molecule has 1 aromatic carbocycles. The summed E-state index contributed by atoms with van der Waals surface area (Å²) >= 11 is 0. The predicted molar refractivity (Wildman–Crippen MR) is 67.7 cm³/mol. The Morgan fingerprint density at radius 2 is 2.31 bits per heavy atom. The largest absolute Gasteiger partial charge is 0.316 e. The fourth-order valence-electron chi connectivity index (χ4n) is 2.20. The Kier molecular flexibility index (Phi) is 5.31. The van der Waals surface area contributed by atoms with E-state index in [0.717, 1.165) is 31.0 Å². The van der Waals surface area contributed by atoms with Gasteiger partial charge in [-0.15, -0.1) is 12.4 Å². The Bertz CT molecular complexity index is 364. The van der Waals surface area contributed by atoms with E-state index in [1.165, 1.54) is 18.4 Å². The molecule has 0 aromatic heterocycles. The van der Waals surface area contributed by atoms with Crippen molar-refractivity contribution < 1.29 is 0 Å². The van der Waals surface area contributed by atoms with Crippen molar-refractivity contribution >= 4 is 12.4 Å². The average molecular weight is 237 g/mol. The highest BCUT2D eigenvalue weighted by Crippen LogP contribution is 2.16. The number of benzene rings is 1. The molecule has 1 aliphatic heterocycles. The molecule has 3 heteroatoms. The van der Waals surface area contributed by atoms with Gasteiger partial charge in [0, 0.05) is 0 Å². The molecule has 1 aromatic rings. The smallest absolute Gasteiger partial charge is 0.0991 e. The second-order valence-corrected chi connectivity index (χ2v) is 4.23. The van der Waals surface area contributed by atoms with Crippen LogP contribution in [0.15, 0.2) is 24.3 Å². The van der Waals surface area contributed by atoms with Crippen molar-refractivity contribution in [3.05, 3.63) is 35.4 Å². The summed E-state index contributed by atoms with van der Waals surface area (Å²) in [5.74, 6) is 0.743. The summed E-state index contributed by atoms with van der Waals surface area (Å²) in [6.45, 7) is 2.28. The molecule has 1 N–H and O–H groups in total. The molecule has 0 spiro atoms. The van der Waals surface area contributed by atoms with Crippen molar-refractivity contribution in [2.75, 3.05) is 13.1 Å². The molecule has 2 rings (SSSR count). The van der Waals surface area contributed by atoms with Gasteiger partial charge in [-0.1, -0.05) is 12.1 Å². The van der Waals surface area contributed by atoms with E-state index in [9.17, 15) is 0 Å². The first-order chi connectivity index (χ1) is 7.38. The third kappa shape index (κ3) is 3.52. The number of hydrogen-bond donors (Lipinski definition) is 1. The quantitative estimate of drug-likeness (QED) is 0.857. The lowest BCUT2D eigenvalue weighted by Gasteiger charge is -2.22. The van der Waals surface area contributed by atoms with Gasteiger partial charge in [-0.25, -0.2) is 0 Å². The van der Waals surface area contributed by atoms with E-state index in [-0.39, 0.29) is 12.4 Å². The fourth-order valence-corrected chi connectivity index (χ4v) is 2.20. The maximum absolute atomic E-state index is 8.81. The highest BCUT2D eigenvalue weighted by molar-refractivity contribution is 5.85. The lowest BCUT2D eigenvalue weighted by Crippen LogP contribution is -2.30. The van der Waals surface area contributed by atoms with E-state index < -0.39 is 0 Å². The van der Waals surface area contributed by atoms with Crippen LogP contribution in [-0.4, -0.2) is 13.1 Å². The van der Waals surface area contributed by atoms with E-state index in [1.807, 2.05) is 18.2 Å². The van der Waals surface area contributed by atoms with E-state index in [0.29, 0.717) is 0 Å². The number of hydrogen-bond acceptors (Lipinski definition) is 2. The van der Waals surface area contributed by atoms with Crippen LogP contribution in [0.2, 0.25) is 0 Å². The molecule has 0 bridgehead atoms. The van der Waals surface area contributed by atoms with Crippen LogP contribution in [0.5, 0.6) is 0 Å². The minimum atomic E-state index is 0. The minimum absolute atomic E-state index is 0. The first kappa shape index (κ1) is 13.0. The zero-order valence-electron chi connectivity index (χ0n) is 9.28.